The van der Waals surface area contributed by atoms with Gasteiger partial charge in [-0.05, 0) is 31.0 Å². The Hall–Kier alpha value is -2.93. The van der Waals surface area contributed by atoms with E-state index in [1.165, 1.54) is 34.9 Å². The van der Waals surface area contributed by atoms with Crippen molar-refractivity contribution in [3.63, 3.8) is 0 Å². The summed E-state index contributed by atoms with van der Waals surface area (Å²) in [7, 11) is 1.89. The molecular weight excluding hydrogens is 529 g/mol. The Morgan fingerprint density at radius 2 is 1.95 bits per heavy atom. The summed E-state index contributed by atoms with van der Waals surface area (Å²) in [6.45, 7) is 1.34. The summed E-state index contributed by atoms with van der Waals surface area (Å²) in [5.74, 6) is 1.12. The summed E-state index contributed by atoms with van der Waals surface area (Å²) in [5.41, 5.74) is 2.52. The standard InChI is InChI=1S/C25H26N6O3S3/c1-31-23(16-6-3-2-4-7-16)29-30-24(31)35-15-22(33)27-17-9-10-19-20(12-17)37-25(28-19)36-14-21(32)26-13-18-8-5-11-34-18/h2-4,6-7,9-10,12,18H,5,8,11,13-15H2,1H3,(H,26,32)(H,27,33)/t18-/m1/s1. The summed E-state index contributed by atoms with van der Waals surface area (Å²) in [6.07, 6.45) is 2.19. The molecule has 1 saturated heterocycles. The molecule has 3 heterocycles. The molecule has 0 aliphatic carbocycles. The number of carbonyl (C=O) groups excluding carboxylic acids is 2. The van der Waals surface area contributed by atoms with Crippen LogP contribution in [0.1, 0.15) is 12.8 Å². The number of benzene rings is 2. The van der Waals surface area contributed by atoms with Crippen molar-refractivity contribution in [2.24, 2.45) is 7.05 Å². The average molecular weight is 555 g/mol. The zero-order valence-electron chi connectivity index (χ0n) is 20.2. The van der Waals surface area contributed by atoms with Crippen LogP contribution in [0.15, 0.2) is 58.0 Å². The molecule has 0 saturated carbocycles. The van der Waals surface area contributed by atoms with Gasteiger partial charge in [0.1, 0.15) is 0 Å². The van der Waals surface area contributed by atoms with Crippen LogP contribution in [0, 0.1) is 0 Å². The van der Waals surface area contributed by atoms with Gasteiger partial charge in [0.05, 0.1) is 27.8 Å². The molecule has 1 aliphatic heterocycles. The third-order valence-corrected chi connectivity index (χ3v) is 8.91. The lowest BCUT2D eigenvalue weighted by Crippen LogP contribution is -2.32. The van der Waals surface area contributed by atoms with Gasteiger partial charge in [0.15, 0.2) is 15.3 Å². The largest absolute Gasteiger partial charge is 0.376 e. The van der Waals surface area contributed by atoms with E-state index in [9.17, 15) is 9.59 Å². The van der Waals surface area contributed by atoms with E-state index in [4.69, 9.17) is 4.74 Å². The van der Waals surface area contributed by atoms with Crippen LogP contribution in [0.2, 0.25) is 0 Å². The number of hydrogen-bond donors (Lipinski definition) is 2. The minimum Gasteiger partial charge on any atom is -0.376 e. The van der Waals surface area contributed by atoms with Crippen molar-refractivity contribution in [2.45, 2.75) is 28.4 Å². The molecule has 192 valence electrons. The molecule has 1 aliphatic rings. The molecule has 12 heteroatoms. The molecule has 0 radical (unpaired) electrons. The van der Waals surface area contributed by atoms with Crippen LogP contribution in [0.5, 0.6) is 0 Å². The number of carbonyl (C=O) groups is 2. The van der Waals surface area contributed by atoms with Crippen molar-refractivity contribution < 1.29 is 14.3 Å². The van der Waals surface area contributed by atoms with Gasteiger partial charge in [-0.1, -0.05) is 53.9 Å². The van der Waals surface area contributed by atoms with Crippen molar-refractivity contribution in [2.75, 3.05) is 30.0 Å². The van der Waals surface area contributed by atoms with E-state index in [-0.39, 0.29) is 23.7 Å². The summed E-state index contributed by atoms with van der Waals surface area (Å²) >= 11 is 4.26. The monoisotopic (exact) mass is 554 g/mol. The Morgan fingerprint density at radius 3 is 2.76 bits per heavy atom. The predicted molar refractivity (Wildman–Crippen MR) is 148 cm³/mol. The number of ether oxygens (including phenoxy) is 1. The summed E-state index contributed by atoms with van der Waals surface area (Å²) in [6, 6.07) is 15.4. The quantitative estimate of drug-likeness (QED) is 0.281. The molecule has 1 atom stereocenters. The van der Waals surface area contributed by atoms with Gasteiger partial charge in [-0.3, -0.25) is 9.59 Å². The van der Waals surface area contributed by atoms with Crippen LogP contribution in [0.25, 0.3) is 21.6 Å². The number of fused-ring (bicyclic) bond motifs is 1. The first-order valence-electron chi connectivity index (χ1n) is 11.8. The van der Waals surface area contributed by atoms with Crippen LogP contribution in [0.3, 0.4) is 0 Å². The van der Waals surface area contributed by atoms with Crippen LogP contribution in [-0.2, 0) is 21.4 Å². The maximum absolute atomic E-state index is 12.6. The SMILES string of the molecule is Cn1c(SCC(=O)Nc2ccc3nc(SCC(=O)NC[C@H]4CCCO4)sc3c2)nnc1-c1ccccc1. The van der Waals surface area contributed by atoms with Crippen molar-refractivity contribution in [1.82, 2.24) is 25.1 Å². The number of amides is 2. The first kappa shape index (κ1) is 25.7. The van der Waals surface area contributed by atoms with Crippen molar-refractivity contribution in [3.8, 4) is 11.4 Å². The van der Waals surface area contributed by atoms with Crippen LogP contribution in [0.4, 0.5) is 5.69 Å². The molecule has 2 amide bonds. The van der Waals surface area contributed by atoms with Gasteiger partial charge in [0.2, 0.25) is 11.8 Å². The molecule has 5 rings (SSSR count). The minimum atomic E-state index is -0.129. The molecule has 4 aromatic rings. The summed E-state index contributed by atoms with van der Waals surface area (Å²) in [5, 5.41) is 15.0. The second kappa shape index (κ2) is 12.1. The third kappa shape index (κ3) is 6.69. The van der Waals surface area contributed by atoms with Gasteiger partial charge in [-0.15, -0.1) is 21.5 Å². The number of hydrogen-bond acceptors (Lipinski definition) is 9. The molecule has 0 unspecified atom stereocenters. The molecule has 0 spiro atoms. The maximum atomic E-state index is 12.6. The number of thiazole rings is 1. The number of aromatic nitrogens is 4. The Morgan fingerprint density at radius 1 is 1.11 bits per heavy atom. The summed E-state index contributed by atoms with van der Waals surface area (Å²) in [4.78, 5) is 29.3. The van der Waals surface area contributed by atoms with Crippen molar-refractivity contribution in [3.05, 3.63) is 48.5 Å². The molecule has 2 aromatic heterocycles. The zero-order valence-corrected chi connectivity index (χ0v) is 22.6. The molecule has 37 heavy (non-hydrogen) atoms. The second-order valence-corrected chi connectivity index (χ2v) is 11.7. The smallest absolute Gasteiger partial charge is 0.234 e. The van der Waals surface area contributed by atoms with Gasteiger partial charge >= 0.3 is 0 Å². The van der Waals surface area contributed by atoms with E-state index in [0.717, 1.165) is 45.4 Å². The summed E-state index contributed by atoms with van der Waals surface area (Å²) < 4.78 is 9.19. The highest BCUT2D eigenvalue weighted by Crippen LogP contribution is 2.31. The fraction of sp³-hybridized carbons (Fsp3) is 0.320. The van der Waals surface area contributed by atoms with E-state index < -0.39 is 0 Å². The van der Waals surface area contributed by atoms with Gasteiger partial charge in [-0.25, -0.2) is 4.98 Å². The number of anilines is 1. The molecular formula is C25H26N6O3S3. The highest BCUT2D eigenvalue weighted by atomic mass is 32.2. The second-order valence-electron chi connectivity index (χ2n) is 8.46. The Labute approximate surface area is 226 Å². The highest BCUT2D eigenvalue weighted by Gasteiger charge is 2.17. The molecule has 2 N–H and O–H groups in total. The van der Waals surface area contributed by atoms with E-state index in [1.54, 1.807) is 0 Å². The van der Waals surface area contributed by atoms with Crippen LogP contribution in [-0.4, -0.2) is 62.3 Å². The highest BCUT2D eigenvalue weighted by molar-refractivity contribution is 8.01. The fourth-order valence-corrected chi connectivity index (χ4v) is 6.51. The third-order valence-electron chi connectivity index (χ3n) is 5.73. The van der Waals surface area contributed by atoms with Gasteiger partial charge in [0.25, 0.3) is 0 Å². The molecule has 0 bridgehead atoms. The number of rotatable bonds is 10. The topological polar surface area (TPSA) is 111 Å². The maximum Gasteiger partial charge on any atom is 0.234 e. The van der Waals surface area contributed by atoms with Gasteiger partial charge < -0.3 is 19.9 Å². The van der Waals surface area contributed by atoms with Crippen LogP contribution < -0.4 is 10.6 Å². The van der Waals surface area contributed by atoms with E-state index >= 15 is 0 Å². The number of thioether (sulfide) groups is 2. The lowest BCUT2D eigenvalue weighted by molar-refractivity contribution is -0.119. The average Bonchev–Trinajstić information content (AvgIpc) is 3.65. The predicted octanol–water partition coefficient (Wildman–Crippen LogP) is 4.21. The van der Waals surface area contributed by atoms with Crippen molar-refractivity contribution in [1.29, 1.82) is 0 Å². The van der Waals surface area contributed by atoms with E-state index in [1.807, 2.05) is 60.1 Å². The van der Waals surface area contributed by atoms with Crippen LogP contribution >= 0.6 is 34.9 Å². The van der Waals surface area contributed by atoms with Gasteiger partial charge in [-0.2, -0.15) is 0 Å². The lowest BCUT2D eigenvalue weighted by Gasteiger charge is -2.09. The Balaban J connectivity index is 1.12. The lowest BCUT2D eigenvalue weighted by atomic mass is 10.2. The minimum absolute atomic E-state index is 0.0241. The first-order valence-corrected chi connectivity index (χ1v) is 14.6. The first-order chi connectivity index (χ1) is 18.0. The Kier molecular flexibility index (Phi) is 8.39. The van der Waals surface area contributed by atoms with E-state index in [2.05, 4.69) is 25.8 Å². The normalized spacial score (nSPS) is 15.2. The zero-order chi connectivity index (χ0) is 25.6. The Bertz CT molecular complexity index is 1390. The van der Waals surface area contributed by atoms with E-state index in [0.29, 0.717) is 23.1 Å². The van der Waals surface area contributed by atoms with Crippen molar-refractivity contribution >= 4 is 62.6 Å². The van der Waals surface area contributed by atoms with Gasteiger partial charge in [0, 0.05) is 31.5 Å². The molecule has 9 nitrogen and oxygen atoms in total. The number of nitrogens with zero attached hydrogens (tertiary/aromatic N) is 4. The number of nitrogens with one attached hydrogen (secondary N) is 2. The molecule has 2 aromatic carbocycles. The fourth-order valence-electron chi connectivity index (χ4n) is 3.86. The molecule has 1 fully saturated rings.